The molecule has 9 heteroatoms. The van der Waals surface area contributed by atoms with Crippen molar-refractivity contribution in [3.8, 4) is 10.9 Å². The normalized spacial score (nSPS) is 16.5. The fourth-order valence-electron chi connectivity index (χ4n) is 3.41. The van der Waals surface area contributed by atoms with Gasteiger partial charge in [0.15, 0.2) is 0 Å². The quantitative estimate of drug-likeness (QED) is 0.640. The van der Waals surface area contributed by atoms with Crippen LogP contribution in [0.15, 0.2) is 48.5 Å². The maximum atomic E-state index is 11.1. The van der Waals surface area contributed by atoms with E-state index in [1.807, 2.05) is 30.3 Å². The Kier molecular flexibility index (Phi) is 5.61. The number of nitrogens with one attached hydrogen (secondary N) is 2. The molecule has 0 spiro atoms. The molecule has 1 aliphatic rings. The van der Waals surface area contributed by atoms with Gasteiger partial charge in [0.25, 0.3) is 10.2 Å². The summed E-state index contributed by atoms with van der Waals surface area (Å²) in [4.78, 5) is 5.59. The third-order valence-corrected chi connectivity index (χ3v) is 6.39. The Morgan fingerprint density at radius 2 is 1.86 bits per heavy atom. The largest absolute Gasteiger partial charge is 0.435 e. The second-order valence-electron chi connectivity index (χ2n) is 6.97. The Morgan fingerprint density at radius 1 is 1.14 bits per heavy atom. The Balaban J connectivity index is 1.31. The highest BCUT2D eigenvalue weighted by Crippen LogP contribution is 2.28. The highest BCUT2D eigenvalue weighted by Gasteiger charge is 2.22. The second kappa shape index (κ2) is 8.14. The van der Waals surface area contributed by atoms with Crippen molar-refractivity contribution in [3.63, 3.8) is 0 Å². The van der Waals surface area contributed by atoms with Crippen LogP contribution in [0.4, 0.5) is 0 Å². The molecule has 3 aromatic rings. The molecule has 1 aliphatic heterocycles. The van der Waals surface area contributed by atoms with Crippen LogP contribution in [0.25, 0.3) is 10.2 Å². The minimum absolute atomic E-state index is 0.0698. The van der Waals surface area contributed by atoms with Gasteiger partial charge in [0.05, 0.1) is 0 Å². The number of aromatic amines is 1. The number of ether oxygens (including phenoxy) is 1. The number of hydrogen-bond donors (Lipinski definition) is 2. The van der Waals surface area contributed by atoms with Gasteiger partial charge in [0.2, 0.25) is 5.52 Å². The number of piperidine rings is 1. The first-order valence-corrected chi connectivity index (χ1v) is 11.5. The molecule has 28 heavy (non-hydrogen) atoms. The highest BCUT2D eigenvalue weighted by atomic mass is 32.2. The van der Waals surface area contributed by atoms with Gasteiger partial charge in [-0.1, -0.05) is 24.3 Å². The summed E-state index contributed by atoms with van der Waals surface area (Å²) in [5.41, 5.74) is 2.27. The van der Waals surface area contributed by atoms with E-state index < -0.39 is 10.2 Å². The Morgan fingerprint density at radius 3 is 2.54 bits per heavy atom. The number of aromatic nitrogens is 1. The van der Waals surface area contributed by atoms with E-state index in [4.69, 9.17) is 9.88 Å². The summed E-state index contributed by atoms with van der Waals surface area (Å²) in [6, 6.07) is 16.1. The second-order valence-corrected chi connectivity index (χ2v) is 9.31. The molecule has 2 aromatic carbocycles. The lowest BCUT2D eigenvalue weighted by Gasteiger charge is -2.31. The van der Waals surface area contributed by atoms with Gasteiger partial charge >= 0.3 is 5.19 Å². The summed E-state index contributed by atoms with van der Waals surface area (Å²) in [6.45, 7) is 2.50. The van der Waals surface area contributed by atoms with Crippen LogP contribution in [0.1, 0.15) is 18.4 Å². The number of thiazole rings is 1. The number of nitrogens with two attached hydrogens (primary N) is 1. The van der Waals surface area contributed by atoms with Gasteiger partial charge in [-0.25, -0.2) is 5.14 Å². The van der Waals surface area contributed by atoms with Crippen molar-refractivity contribution in [2.75, 3.05) is 13.1 Å². The van der Waals surface area contributed by atoms with Crippen molar-refractivity contribution in [3.05, 3.63) is 54.1 Å². The van der Waals surface area contributed by atoms with E-state index in [1.165, 1.54) is 5.56 Å². The summed E-state index contributed by atoms with van der Waals surface area (Å²) >= 11 is 1.59. The third kappa shape index (κ3) is 5.06. The zero-order chi connectivity index (χ0) is 19.6. The Hall–Kier alpha value is -2.04. The number of benzene rings is 2. The van der Waals surface area contributed by atoms with Crippen LogP contribution >= 0.6 is 11.3 Å². The minimum atomic E-state index is -3.62. The molecular weight excluding hydrogens is 396 g/mol. The average molecular weight is 420 g/mol. The molecule has 1 saturated heterocycles. The fourth-order valence-corrected chi connectivity index (χ4v) is 4.98. The monoisotopic (exact) mass is 419 g/mol. The van der Waals surface area contributed by atoms with Crippen molar-refractivity contribution < 1.29 is 18.1 Å². The van der Waals surface area contributed by atoms with Crippen LogP contribution in [0, 0.1) is 0 Å². The SMILES string of the molecule is NS(=O)(=O)NC1CCN(Cc2ccc(Oc3[nH+]c4ccccc4s3)cc2)CC1. The van der Waals surface area contributed by atoms with E-state index in [2.05, 4.69) is 32.8 Å². The molecule has 1 aromatic heterocycles. The maximum Gasteiger partial charge on any atom is 0.435 e. The lowest BCUT2D eigenvalue weighted by Crippen LogP contribution is -2.46. The van der Waals surface area contributed by atoms with Gasteiger partial charge in [0, 0.05) is 31.7 Å². The molecular formula is C19H23N4O3S2+. The minimum Gasteiger partial charge on any atom is -0.397 e. The van der Waals surface area contributed by atoms with E-state index in [1.54, 1.807) is 11.3 Å². The molecule has 0 aliphatic carbocycles. The van der Waals surface area contributed by atoms with E-state index >= 15 is 0 Å². The first kappa shape index (κ1) is 19.3. The average Bonchev–Trinajstić information content (AvgIpc) is 3.06. The molecule has 2 heterocycles. The molecule has 0 radical (unpaired) electrons. The summed E-state index contributed by atoms with van der Waals surface area (Å²) in [7, 11) is -3.62. The lowest BCUT2D eigenvalue weighted by molar-refractivity contribution is -0.352. The number of hydrogen-bond acceptors (Lipinski definition) is 5. The predicted molar refractivity (Wildman–Crippen MR) is 109 cm³/mol. The van der Waals surface area contributed by atoms with Crippen molar-refractivity contribution in [2.24, 2.45) is 5.14 Å². The smallest absolute Gasteiger partial charge is 0.397 e. The van der Waals surface area contributed by atoms with Gasteiger partial charge in [-0.2, -0.15) is 18.1 Å². The molecule has 148 valence electrons. The van der Waals surface area contributed by atoms with Crippen molar-refractivity contribution in [1.29, 1.82) is 0 Å². The topological polar surface area (TPSA) is 98.8 Å². The third-order valence-electron chi connectivity index (χ3n) is 4.79. The molecule has 4 N–H and O–H groups in total. The van der Waals surface area contributed by atoms with Crippen LogP contribution in [0.5, 0.6) is 10.9 Å². The summed E-state index contributed by atoms with van der Waals surface area (Å²) in [6.07, 6.45) is 1.53. The maximum absolute atomic E-state index is 11.1. The van der Waals surface area contributed by atoms with Gasteiger partial charge in [-0.15, -0.1) is 0 Å². The van der Waals surface area contributed by atoms with E-state index in [0.717, 1.165) is 53.6 Å². The molecule has 0 atom stereocenters. The van der Waals surface area contributed by atoms with Gasteiger partial charge in [0.1, 0.15) is 10.4 Å². The summed E-state index contributed by atoms with van der Waals surface area (Å²) in [5, 5.41) is 5.81. The van der Waals surface area contributed by atoms with Gasteiger partial charge in [-0.05, 0) is 47.9 Å². The number of likely N-dealkylation sites (tertiary alicyclic amines) is 1. The van der Waals surface area contributed by atoms with Crippen molar-refractivity contribution >= 4 is 31.8 Å². The molecule has 7 nitrogen and oxygen atoms in total. The van der Waals surface area contributed by atoms with Crippen LogP contribution in [-0.4, -0.2) is 32.4 Å². The van der Waals surface area contributed by atoms with E-state index in [9.17, 15) is 8.42 Å². The number of para-hydroxylation sites is 1. The molecule has 0 amide bonds. The Labute approximate surface area is 168 Å². The van der Waals surface area contributed by atoms with Crippen LogP contribution in [-0.2, 0) is 16.8 Å². The molecule has 0 bridgehead atoms. The van der Waals surface area contributed by atoms with E-state index in [0.29, 0.717) is 0 Å². The molecule has 4 rings (SSSR count). The predicted octanol–water partition coefficient (Wildman–Crippen LogP) is 2.27. The first-order chi connectivity index (χ1) is 13.4. The van der Waals surface area contributed by atoms with Crippen molar-refractivity contribution in [1.82, 2.24) is 9.62 Å². The standard InChI is InChI=1S/C19H22N4O3S2/c20-28(24,25)22-15-9-11-23(12-10-15)13-14-5-7-16(8-6-14)26-19-21-17-3-1-2-4-18(17)27-19/h1-8,15,22H,9-13H2,(H2,20,24,25)/p+1. The fraction of sp³-hybridized carbons (Fsp3) is 0.316. The molecule has 0 unspecified atom stereocenters. The van der Waals surface area contributed by atoms with E-state index in [-0.39, 0.29) is 6.04 Å². The summed E-state index contributed by atoms with van der Waals surface area (Å²) < 4.78 is 31.8. The van der Waals surface area contributed by atoms with Crippen LogP contribution in [0.3, 0.4) is 0 Å². The van der Waals surface area contributed by atoms with Crippen LogP contribution < -0.4 is 19.6 Å². The zero-order valence-corrected chi connectivity index (χ0v) is 16.9. The van der Waals surface area contributed by atoms with Gasteiger partial charge < -0.3 is 4.74 Å². The lowest BCUT2D eigenvalue weighted by atomic mass is 10.1. The first-order valence-electron chi connectivity index (χ1n) is 9.15. The number of H-pyrrole nitrogens is 1. The van der Waals surface area contributed by atoms with Crippen LogP contribution in [0.2, 0.25) is 0 Å². The highest BCUT2D eigenvalue weighted by molar-refractivity contribution is 7.87. The molecule has 1 fully saturated rings. The number of fused-ring (bicyclic) bond motifs is 1. The molecule has 0 saturated carbocycles. The number of rotatable bonds is 6. The van der Waals surface area contributed by atoms with Gasteiger partial charge in [-0.3, -0.25) is 4.90 Å². The Bertz CT molecular complexity index is 1010. The van der Waals surface area contributed by atoms with Crippen molar-refractivity contribution in [2.45, 2.75) is 25.4 Å². The zero-order valence-electron chi connectivity index (χ0n) is 15.3. The summed E-state index contributed by atoms with van der Waals surface area (Å²) in [5.74, 6) is 0.794. The number of nitrogens with zero attached hydrogens (tertiary/aromatic N) is 1.